The molecule has 0 bridgehead atoms. The lowest BCUT2D eigenvalue weighted by Gasteiger charge is -2.18. The van der Waals surface area contributed by atoms with Gasteiger partial charge < -0.3 is 0 Å². The van der Waals surface area contributed by atoms with Crippen molar-refractivity contribution in [2.24, 2.45) is 0 Å². The molecule has 246 valence electrons. The van der Waals surface area contributed by atoms with Crippen molar-refractivity contribution >= 4 is 74.6 Å². The largest absolute Gasteiger partial charge is 0.135 e. The van der Waals surface area contributed by atoms with Crippen LogP contribution in [-0.2, 0) is 0 Å². The molecule has 0 radical (unpaired) electrons. The van der Waals surface area contributed by atoms with Gasteiger partial charge in [-0.05, 0) is 118 Å². The van der Waals surface area contributed by atoms with Crippen molar-refractivity contribution in [1.29, 1.82) is 0 Å². The van der Waals surface area contributed by atoms with Gasteiger partial charge in [0.2, 0.25) is 0 Å². The van der Waals surface area contributed by atoms with Crippen LogP contribution in [0, 0.1) is 0 Å². The molecule has 11 rings (SSSR count). The predicted molar refractivity (Wildman–Crippen MR) is 231 cm³/mol. The first-order valence-corrected chi connectivity index (χ1v) is 19.1. The van der Waals surface area contributed by atoms with E-state index in [1.165, 1.54) is 108 Å². The zero-order chi connectivity index (χ0) is 34.9. The van der Waals surface area contributed by atoms with Gasteiger partial charge in [0.1, 0.15) is 0 Å². The normalized spacial score (nSPS) is 11.8. The van der Waals surface area contributed by atoms with E-state index in [2.05, 4.69) is 194 Å². The van der Waals surface area contributed by atoms with Crippen molar-refractivity contribution in [2.45, 2.75) is 0 Å². The summed E-state index contributed by atoms with van der Waals surface area (Å²) >= 11 is 1.88. The molecule has 0 spiro atoms. The number of hydrogen-bond donors (Lipinski definition) is 0. The zero-order valence-corrected chi connectivity index (χ0v) is 29.7. The minimum atomic E-state index is 1.23. The van der Waals surface area contributed by atoms with Crippen molar-refractivity contribution in [2.75, 3.05) is 0 Å². The molecule has 0 nitrogen and oxygen atoms in total. The Morgan fingerprint density at radius 3 is 1.45 bits per heavy atom. The summed E-state index contributed by atoms with van der Waals surface area (Å²) in [7, 11) is 0. The zero-order valence-electron chi connectivity index (χ0n) is 28.9. The molecule has 10 aromatic carbocycles. The van der Waals surface area contributed by atoms with Crippen LogP contribution >= 0.6 is 11.3 Å². The highest BCUT2D eigenvalue weighted by Gasteiger charge is 2.18. The Balaban J connectivity index is 1.06. The number of benzene rings is 10. The first-order chi connectivity index (χ1) is 26.3. The van der Waals surface area contributed by atoms with Gasteiger partial charge in [0, 0.05) is 20.2 Å². The van der Waals surface area contributed by atoms with Crippen LogP contribution < -0.4 is 0 Å². The smallest absolute Gasteiger partial charge is 0.0361 e. The van der Waals surface area contributed by atoms with E-state index < -0.39 is 0 Å². The maximum absolute atomic E-state index is 2.39. The Hall–Kier alpha value is -6.54. The van der Waals surface area contributed by atoms with Gasteiger partial charge in [0.05, 0.1) is 0 Å². The third-order valence-electron chi connectivity index (χ3n) is 11.0. The lowest BCUT2D eigenvalue weighted by molar-refractivity contribution is 1.62. The van der Waals surface area contributed by atoms with E-state index in [0.29, 0.717) is 0 Å². The minimum Gasteiger partial charge on any atom is -0.135 e. The van der Waals surface area contributed by atoms with Crippen LogP contribution in [0.15, 0.2) is 194 Å². The van der Waals surface area contributed by atoms with Crippen LogP contribution in [0.2, 0.25) is 0 Å². The fraction of sp³-hybridized carbons (Fsp3) is 0. The molecular weight excluding hydrogens is 657 g/mol. The van der Waals surface area contributed by atoms with Crippen molar-refractivity contribution in [3.8, 4) is 44.5 Å². The molecule has 0 aliphatic carbocycles. The summed E-state index contributed by atoms with van der Waals surface area (Å²) < 4.78 is 2.67. The van der Waals surface area contributed by atoms with Crippen LogP contribution in [0.3, 0.4) is 0 Å². The lowest BCUT2D eigenvalue weighted by atomic mass is 9.85. The maximum Gasteiger partial charge on any atom is 0.0361 e. The Morgan fingerprint density at radius 1 is 0.245 bits per heavy atom. The molecule has 1 aromatic heterocycles. The summed E-state index contributed by atoms with van der Waals surface area (Å²) in [5, 5.41) is 12.8. The van der Waals surface area contributed by atoms with E-state index in [0.717, 1.165) is 0 Å². The number of thiophene rings is 1. The summed E-state index contributed by atoms with van der Waals surface area (Å²) in [6.07, 6.45) is 0. The lowest BCUT2D eigenvalue weighted by Crippen LogP contribution is -1.91. The van der Waals surface area contributed by atoms with Crippen molar-refractivity contribution in [3.63, 3.8) is 0 Å². The van der Waals surface area contributed by atoms with Gasteiger partial charge in [-0.25, -0.2) is 0 Å². The predicted octanol–water partition coefficient (Wildman–Crippen LogP) is 15.3. The van der Waals surface area contributed by atoms with Crippen LogP contribution in [0.5, 0.6) is 0 Å². The number of rotatable bonds is 4. The molecule has 0 aliphatic rings. The van der Waals surface area contributed by atoms with Gasteiger partial charge in [-0.15, -0.1) is 11.3 Å². The molecular formula is C52H32S. The second-order valence-corrected chi connectivity index (χ2v) is 15.1. The first kappa shape index (κ1) is 30.1. The molecule has 11 aromatic rings. The minimum absolute atomic E-state index is 1.23. The Labute approximate surface area is 311 Å². The summed E-state index contributed by atoms with van der Waals surface area (Å²) in [5.41, 5.74) is 9.98. The number of hydrogen-bond acceptors (Lipinski definition) is 1. The van der Waals surface area contributed by atoms with Gasteiger partial charge in [0.25, 0.3) is 0 Å². The Kier molecular flexibility index (Phi) is 6.83. The molecule has 0 saturated heterocycles. The van der Waals surface area contributed by atoms with Crippen molar-refractivity contribution in [1.82, 2.24) is 0 Å². The maximum atomic E-state index is 2.39. The van der Waals surface area contributed by atoms with Gasteiger partial charge in [-0.3, -0.25) is 0 Å². The third-order valence-corrected chi connectivity index (χ3v) is 12.2. The molecule has 0 atom stereocenters. The molecule has 1 heterocycles. The van der Waals surface area contributed by atoms with Gasteiger partial charge in [0.15, 0.2) is 0 Å². The van der Waals surface area contributed by atoms with Crippen LogP contribution in [-0.4, -0.2) is 0 Å². The van der Waals surface area contributed by atoms with Gasteiger partial charge in [-0.2, -0.15) is 0 Å². The summed E-state index contributed by atoms with van der Waals surface area (Å²) in [4.78, 5) is 0. The van der Waals surface area contributed by atoms with E-state index >= 15 is 0 Å². The highest BCUT2D eigenvalue weighted by atomic mass is 32.1. The molecule has 0 aliphatic heterocycles. The topological polar surface area (TPSA) is 0 Å². The average Bonchev–Trinajstić information content (AvgIpc) is 3.58. The molecule has 0 saturated carbocycles. The van der Waals surface area contributed by atoms with Crippen LogP contribution in [0.1, 0.15) is 0 Å². The molecule has 0 N–H and O–H groups in total. The third kappa shape index (κ3) is 4.89. The van der Waals surface area contributed by atoms with Crippen LogP contribution in [0.4, 0.5) is 0 Å². The summed E-state index contributed by atoms with van der Waals surface area (Å²) in [6.45, 7) is 0. The van der Waals surface area contributed by atoms with Gasteiger partial charge in [-0.1, -0.05) is 164 Å². The van der Waals surface area contributed by atoms with E-state index in [4.69, 9.17) is 0 Å². The van der Waals surface area contributed by atoms with Crippen LogP contribution in [0.25, 0.3) is 108 Å². The van der Waals surface area contributed by atoms with E-state index in [1.807, 2.05) is 11.3 Å². The number of fused-ring (bicyclic) bond motifs is 7. The van der Waals surface area contributed by atoms with Crippen molar-refractivity contribution < 1.29 is 0 Å². The molecule has 0 fully saturated rings. The highest BCUT2D eigenvalue weighted by molar-refractivity contribution is 7.25. The summed E-state index contributed by atoms with van der Waals surface area (Å²) in [6, 6.07) is 71.8. The van der Waals surface area contributed by atoms with Crippen molar-refractivity contribution in [3.05, 3.63) is 194 Å². The Bertz CT molecular complexity index is 3150. The fourth-order valence-corrected chi connectivity index (χ4v) is 9.66. The quantitative estimate of drug-likeness (QED) is 0.162. The Morgan fingerprint density at radius 2 is 0.736 bits per heavy atom. The standard InChI is InChI=1S/C52H32S/c1-2-13-38-32-50-48(30-37(38)12-1)47-31-39(27-28-49(47)53-50)36-15-9-16-40(29-36)52-45-20-7-5-18-43(45)51(44-19-6-8-21-46(44)52)35-25-23-34(24-26-35)42-22-10-14-33-11-3-4-17-41(33)42/h1-32H. The van der Waals surface area contributed by atoms with E-state index in [-0.39, 0.29) is 0 Å². The molecule has 53 heavy (non-hydrogen) atoms. The average molecular weight is 689 g/mol. The van der Waals surface area contributed by atoms with E-state index in [9.17, 15) is 0 Å². The second-order valence-electron chi connectivity index (χ2n) is 14.0. The molecule has 0 amide bonds. The second kappa shape index (κ2) is 12.0. The van der Waals surface area contributed by atoms with Gasteiger partial charge >= 0.3 is 0 Å². The molecule has 1 heteroatoms. The molecule has 0 unspecified atom stereocenters. The fourth-order valence-electron chi connectivity index (χ4n) is 8.54. The van der Waals surface area contributed by atoms with E-state index in [1.54, 1.807) is 0 Å². The SMILES string of the molecule is c1cc(-c2ccc3sc4cc5ccccc5cc4c3c2)cc(-c2c3ccccc3c(-c3ccc(-c4cccc5ccccc45)cc3)c3ccccc23)c1. The monoisotopic (exact) mass is 688 g/mol. The highest BCUT2D eigenvalue weighted by Crippen LogP contribution is 2.45. The summed E-state index contributed by atoms with van der Waals surface area (Å²) in [5.74, 6) is 0. The first-order valence-electron chi connectivity index (χ1n) is 18.2.